The number of hydrogen-bond acceptors (Lipinski definition) is 3. The van der Waals surface area contributed by atoms with Crippen molar-refractivity contribution in [2.75, 3.05) is 26.2 Å². The van der Waals surface area contributed by atoms with Crippen LogP contribution in [0.25, 0.3) is 0 Å². The Balaban J connectivity index is 1.60. The van der Waals surface area contributed by atoms with Crippen LogP contribution in [0, 0.1) is 5.92 Å². The summed E-state index contributed by atoms with van der Waals surface area (Å²) in [7, 11) is 0. The summed E-state index contributed by atoms with van der Waals surface area (Å²) in [4.78, 5) is 29.0. The van der Waals surface area contributed by atoms with Crippen molar-refractivity contribution < 1.29 is 9.59 Å². The van der Waals surface area contributed by atoms with Crippen molar-refractivity contribution in [2.24, 2.45) is 11.7 Å². The summed E-state index contributed by atoms with van der Waals surface area (Å²) in [6.07, 6.45) is 3.71. The van der Waals surface area contributed by atoms with E-state index in [0.717, 1.165) is 25.7 Å². The van der Waals surface area contributed by atoms with E-state index in [9.17, 15) is 9.59 Å². The lowest BCUT2D eigenvalue weighted by Crippen LogP contribution is -2.52. The van der Waals surface area contributed by atoms with Crippen LogP contribution in [-0.4, -0.2) is 53.8 Å². The molecule has 2 fully saturated rings. The van der Waals surface area contributed by atoms with Crippen LogP contribution in [0.2, 0.25) is 10.0 Å². The molecule has 1 saturated heterocycles. The molecule has 2 atom stereocenters. The van der Waals surface area contributed by atoms with Crippen LogP contribution in [0.3, 0.4) is 0 Å². The van der Waals surface area contributed by atoms with Gasteiger partial charge in [0.1, 0.15) is 0 Å². The number of carbonyl (C=O) groups is 2. The fourth-order valence-corrected chi connectivity index (χ4v) is 4.26. The van der Waals surface area contributed by atoms with Gasteiger partial charge in [-0.05, 0) is 31.4 Å². The Kier molecular flexibility index (Phi) is 5.87. The Labute approximate surface area is 158 Å². The average molecular weight is 384 g/mol. The molecule has 1 aliphatic heterocycles. The van der Waals surface area contributed by atoms with Crippen molar-refractivity contribution in [2.45, 2.75) is 31.7 Å². The summed E-state index contributed by atoms with van der Waals surface area (Å²) >= 11 is 12.3. The van der Waals surface area contributed by atoms with Gasteiger partial charge in [-0.1, -0.05) is 35.7 Å². The molecule has 2 amide bonds. The van der Waals surface area contributed by atoms with Gasteiger partial charge in [0.15, 0.2) is 0 Å². The zero-order valence-electron chi connectivity index (χ0n) is 14.1. The third kappa shape index (κ3) is 4.10. The van der Waals surface area contributed by atoms with E-state index in [1.807, 2.05) is 4.90 Å². The molecule has 0 bridgehead atoms. The third-order valence-corrected chi connectivity index (χ3v) is 5.75. The number of hydrogen-bond donors (Lipinski definition) is 1. The number of carbonyl (C=O) groups excluding carboxylic acids is 2. The molecule has 0 spiro atoms. The van der Waals surface area contributed by atoms with Gasteiger partial charge in [-0.15, -0.1) is 0 Å². The zero-order chi connectivity index (χ0) is 18.0. The summed E-state index contributed by atoms with van der Waals surface area (Å²) in [6.45, 7) is 2.06. The zero-order valence-corrected chi connectivity index (χ0v) is 15.6. The van der Waals surface area contributed by atoms with Crippen LogP contribution in [0.5, 0.6) is 0 Å². The minimum Gasteiger partial charge on any atom is -0.339 e. The topological polar surface area (TPSA) is 66.6 Å². The van der Waals surface area contributed by atoms with Crippen molar-refractivity contribution in [3.8, 4) is 0 Å². The second-order valence-electron chi connectivity index (χ2n) is 6.84. The fraction of sp³-hybridized carbons (Fsp3) is 0.556. The largest absolute Gasteiger partial charge is 0.339 e. The number of nitrogens with two attached hydrogens (primary N) is 1. The molecule has 2 N–H and O–H groups in total. The van der Waals surface area contributed by atoms with Crippen LogP contribution >= 0.6 is 23.2 Å². The summed E-state index contributed by atoms with van der Waals surface area (Å²) in [5, 5.41) is 0.708. The fourth-order valence-electron chi connectivity index (χ4n) is 3.70. The molecule has 3 rings (SSSR count). The second kappa shape index (κ2) is 7.94. The summed E-state index contributed by atoms with van der Waals surface area (Å²) < 4.78 is 0. The maximum absolute atomic E-state index is 12.7. The van der Waals surface area contributed by atoms with Gasteiger partial charge in [-0.2, -0.15) is 0 Å². The van der Waals surface area contributed by atoms with E-state index < -0.39 is 0 Å². The van der Waals surface area contributed by atoms with E-state index >= 15 is 0 Å². The van der Waals surface area contributed by atoms with Gasteiger partial charge in [0, 0.05) is 38.1 Å². The van der Waals surface area contributed by atoms with E-state index in [1.54, 1.807) is 23.1 Å². The molecule has 1 aliphatic carbocycles. The van der Waals surface area contributed by atoms with Crippen LogP contribution in [-0.2, 0) is 4.79 Å². The second-order valence-corrected chi connectivity index (χ2v) is 7.65. The Morgan fingerprint density at radius 2 is 1.60 bits per heavy atom. The first kappa shape index (κ1) is 18.5. The predicted molar refractivity (Wildman–Crippen MR) is 98.9 cm³/mol. The van der Waals surface area contributed by atoms with Gasteiger partial charge in [0.05, 0.1) is 15.6 Å². The van der Waals surface area contributed by atoms with Crippen molar-refractivity contribution in [3.05, 3.63) is 33.8 Å². The first-order valence-electron chi connectivity index (χ1n) is 8.75. The van der Waals surface area contributed by atoms with E-state index in [0.29, 0.717) is 41.8 Å². The first-order valence-corrected chi connectivity index (χ1v) is 9.50. The maximum Gasteiger partial charge on any atom is 0.257 e. The van der Waals surface area contributed by atoms with Gasteiger partial charge >= 0.3 is 0 Å². The molecule has 5 nitrogen and oxygen atoms in total. The maximum atomic E-state index is 12.7. The first-order chi connectivity index (χ1) is 12.0. The molecule has 0 aromatic heterocycles. The minimum absolute atomic E-state index is 0.0315. The quantitative estimate of drug-likeness (QED) is 0.853. The van der Waals surface area contributed by atoms with Gasteiger partial charge in [0.25, 0.3) is 5.91 Å². The molecule has 136 valence electrons. The lowest BCUT2D eigenvalue weighted by molar-refractivity contribution is -0.138. The minimum atomic E-state index is -0.178. The molecule has 0 radical (unpaired) electrons. The van der Waals surface area contributed by atoms with Crippen LogP contribution < -0.4 is 5.73 Å². The van der Waals surface area contributed by atoms with Gasteiger partial charge in [-0.3, -0.25) is 9.59 Å². The van der Waals surface area contributed by atoms with Crippen molar-refractivity contribution in [1.29, 1.82) is 0 Å². The number of benzene rings is 1. The highest BCUT2D eigenvalue weighted by molar-refractivity contribution is 6.39. The third-order valence-electron chi connectivity index (χ3n) is 5.12. The Bertz CT molecular complexity index is 639. The highest BCUT2D eigenvalue weighted by Gasteiger charge is 2.32. The van der Waals surface area contributed by atoms with Crippen LogP contribution in [0.15, 0.2) is 18.2 Å². The Morgan fingerprint density at radius 3 is 2.20 bits per heavy atom. The van der Waals surface area contributed by atoms with Crippen molar-refractivity contribution >= 4 is 35.0 Å². The molecule has 7 heteroatoms. The summed E-state index contributed by atoms with van der Waals surface area (Å²) in [6, 6.07) is 5.17. The standard InChI is InChI=1S/C18H23Cl2N3O2/c19-14-5-2-6-15(20)16(14)18(25)23-9-7-22(8-10-23)17(24)12-3-1-4-13(21)11-12/h2,5-6,12-13H,1,3-4,7-11,21H2. The van der Waals surface area contributed by atoms with Crippen molar-refractivity contribution in [3.63, 3.8) is 0 Å². The summed E-state index contributed by atoms with van der Waals surface area (Å²) in [5.74, 6) is 0.0319. The lowest BCUT2D eigenvalue weighted by atomic mass is 9.85. The SMILES string of the molecule is NC1CCCC(C(=O)N2CCN(C(=O)c3c(Cl)cccc3Cl)CC2)C1. The average Bonchev–Trinajstić information content (AvgIpc) is 2.61. The molecule has 1 heterocycles. The van der Waals surface area contributed by atoms with Gasteiger partial charge in [0.2, 0.25) is 5.91 Å². The number of amides is 2. The van der Waals surface area contributed by atoms with Crippen LogP contribution in [0.1, 0.15) is 36.0 Å². The Hall–Kier alpha value is -1.30. The predicted octanol–water partition coefficient (Wildman–Crippen LogP) is 2.80. The number of halogens is 2. The smallest absolute Gasteiger partial charge is 0.257 e. The molecule has 2 aliphatic rings. The Morgan fingerprint density at radius 1 is 1.00 bits per heavy atom. The number of piperazine rings is 1. The molecule has 1 aromatic rings. The molecular formula is C18H23Cl2N3O2. The van der Waals surface area contributed by atoms with Gasteiger partial charge < -0.3 is 15.5 Å². The van der Waals surface area contributed by atoms with Crippen molar-refractivity contribution in [1.82, 2.24) is 9.80 Å². The monoisotopic (exact) mass is 383 g/mol. The normalized spacial score (nSPS) is 24.3. The molecular weight excluding hydrogens is 361 g/mol. The van der Waals surface area contributed by atoms with E-state index in [-0.39, 0.29) is 23.8 Å². The number of nitrogens with zero attached hydrogens (tertiary/aromatic N) is 2. The van der Waals surface area contributed by atoms with E-state index in [4.69, 9.17) is 28.9 Å². The lowest BCUT2D eigenvalue weighted by Gasteiger charge is -2.38. The van der Waals surface area contributed by atoms with E-state index in [2.05, 4.69) is 0 Å². The molecule has 1 aromatic carbocycles. The molecule has 25 heavy (non-hydrogen) atoms. The summed E-state index contributed by atoms with van der Waals surface area (Å²) in [5.41, 5.74) is 6.34. The highest BCUT2D eigenvalue weighted by atomic mass is 35.5. The van der Waals surface area contributed by atoms with E-state index in [1.165, 1.54) is 0 Å². The molecule has 1 saturated carbocycles. The highest BCUT2D eigenvalue weighted by Crippen LogP contribution is 2.27. The van der Waals surface area contributed by atoms with Crippen LogP contribution in [0.4, 0.5) is 0 Å². The molecule has 2 unspecified atom stereocenters. The van der Waals surface area contributed by atoms with Gasteiger partial charge in [-0.25, -0.2) is 0 Å². The number of rotatable bonds is 2.